The van der Waals surface area contributed by atoms with Gasteiger partial charge in [0.2, 0.25) is 5.91 Å². The molecule has 3 rings (SSSR count). The molecular formula is C21H25F3N2O2. The fourth-order valence-corrected chi connectivity index (χ4v) is 3.33. The van der Waals surface area contributed by atoms with Crippen molar-refractivity contribution in [1.29, 1.82) is 0 Å². The molecule has 1 heterocycles. The maximum Gasteiger partial charge on any atom is 0.410 e. The number of nitrogens with one attached hydrogen (secondary N) is 1. The first-order valence-corrected chi connectivity index (χ1v) is 9.29. The molecule has 0 unspecified atom stereocenters. The maximum absolute atomic E-state index is 14.2. The third-order valence-electron chi connectivity index (χ3n) is 4.79. The van der Waals surface area contributed by atoms with Gasteiger partial charge in [-0.1, -0.05) is 38.1 Å². The van der Waals surface area contributed by atoms with Gasteiger partial charge < -0.3 is 4.74 Å². The van der Waals surface area contributed by atoms with Gasteiger partial charge in [0.25, 0.3) is 0 Å². The number of fused-ring (bicyclic) bond motifs is 1. The Bertz CT molecular complexity index is 878. The molecule has 1 N–H and O–H groups in total. The fraction of sp³-hybridized carbons (Fsp3) is 0.476. The van der Waals surface area contributed by atoms with Gasteiger partial charge in [-0.3, -0.25) is 10.2 Å². The number of carbonyl (C=O) groups excluding carboxylic acids is 1. The minimum absolute atomic E-state index is 0.00449. The Morgan fingerprint density at radius 3 is 2.29 bits per heavy atom. The third kappa shape index (κ3) is 4.09. The van der Waals surface area contributed by atoms with Gasteiger partial charge in [-0.25, -0.2) is 5.01 Å². The molecule has 28 heavy (non-hydrogen) atoms. The Morgan fingerprint density at radius 2 is 1.79 bits per heavy atom. The summed E-state index contributed by atoms with van der Waals surface area (Å²) in [6.45, 7) is 7.38. The first-order chi connectivity index (χ1) is 13.0. The average Bonchev–Trinajstić information content (AvgIpc) is 2.84. The van der Waals surface area contributed by atoms with Crippen LogP contribution >= 0.6 is 0 Å². The molecule has 1 aliphatic heterocycles. The van der Waals surface area contributed by atoms with Crippen LogP contribution in [-0.2, 0) is 4.79 Å². The summed E-state index contributed by atoms with van der Waals surface area (Å²) < 4.78 is 48.3. The topological polar surface area (TPSA) is 41.6 Å². The Morgan fingerprint density at radius 1 is 1.18 bits per heavy atom. The molecular weight excluding hydrogens is 369 g/mol. The van der Waals surface area contributed by atoms with Crippen molar-refractivity contribution >= 4 is 16.7 Å². The highest BCUT2D eigenvalue weighted by molar-refractivity contribution is 5.86. The number of hydrogen-bond acceptors (Lipinski definition) is 3. The lowest BCUT2D eigenvalue weighted by Crippen LogP contribution is -2.43. The largest absolute Gasteiger partial charge is 0.493 e. The molecule has 2 aromatic carbocycles. The summed E-state index contributed by atoms with van der Waals surface area (Å²) in [6, 6.07) is 8.39. The van der Waals surface area contributed by atoms with E-state index in [2.05, 4.69) is 5.43 Å². The molecule has 4 nitrogen and oxygen atoms in total. The lowest BCUT2D eigenvalue weighted by Gasteiger charge is -2.31. The molecule has 0 aliphatic carbocycles. The third-order valence-corrected chi connectivity index (χ3v) is 4.79. The van der Waals surface area contributed by atoms with Crippen LogP contribution in [0, 0.1) is 11.3 Å². The fourth-order valence-electron chi connectivity index (χ4n) is 3.33. The van der Waals surface area contributed by atoms with E-state index in [0.717, 1.165) is 10.4 Å². The zero-order chi connectivity index (χ0) is 20.7. The average molecular weight is 394 g/mol. The summed E-state index contributed by atoms with van der Waals surface area (Å²) in [5.74, 6) is -0.0741. The Hall–Kier alpha value is -2.28. The summed E-state index contributed by atoms with van der Waals surface area (Å²) >= 11 is 0. The van der Waals surface area contributed by atoms with Crippen LogP contribution in [0.1, 0.15) is 39.3 Å². The molecule has 0 radical (unpaired) electrons. The smallest absolute Gasteiger partial charge is 0.410 e. The second kappa shape index (κ2) is 7.28. The summed E-state index contributed by atoms with van der Waals surface area (Å²) in [6.07, 6.45) is -4.59. The number of ether oxygens (including phenoxy) is 1. The van der Waals surface area contributed by atoms with Gasteiger partial charge in [-0.05, 0) is 42.7 Å². The molecule has 7 heteroatoms. The number of carbonyl (C=O) groups is 1. The molecule has 0 saturated carbocycles. The molecule has 1 aliphatic rings. The van der Waals surface area contributed by atoms with Crippen LogP contribution in [-0.4, -0.2) is 30.2 Å². The molecule has 0 spiro atoms. The lowest BCUT2D eigenvalue weighted by atomic mass is 9.93. The predicted molar refractivity (Wildman–Crippen MR) is 102 cm³/mol. The summed E-state index contributed by atoms with van der Waals surface area (Å²) in [4.78, 5) is 12.1. The number of alkyl halides is 3. The van der Waals surface area contributed by atoms with E-state index in [4.69, 9.17) is 4.74 Å². The monoisotopic (exact) mass is 394 g/mol. The molecule has 1 fully saturated rings. The molecule has 2 aromatic rings. The normalized spacial score (nSPS) is 18.5. The zero-order valence-corrected chi connectivity index (χ0v) is 16.4. The zero-order valence-electron chi connectivity index (χ0n) is 16.4. The standard InChI is InChI=1S/C21H25F3N2O2/c1-13(2)11-28-17-10-15-8-6-5-7-14(15)9-16(17)18(21(22,23)24)26-12-20(3,4)19(27)25-26/h5-10,13,18H,11-12H2,1-4H3,(H,25,27)/t18-/m0/s1. The van der Waals surface area contributed by atoms with Gasteiger partial charge in [-0.15, -0.1) is 0 Å². The maximum atomic E-state index is 14.2. The quantitative estimate of drug-likeness (QED) is 0.788. The highest BCUT2D eigenvalue weighted by atomic mass is 19.4. The van der Waals surface area contributed by atoms with Gasteiger partial charge in [0, 0.05) is 12.1 Å². The number of rotatable bonds is 5. The molecule has 1 saturated heterocycles. The van der Waals surface area contributed by atoms with E-state index >= 15 is 0 Å². The lowest BCUT2D eigenvalue weighted by molar-refractivity contribution is -0.192. The Balaban J connectivity index is 2.12. The van der Waals surface area contributed by atoms with Crippen molar-refractivity contribution in [2.45, 2.75) is 39.9 Å². The number of hydrazine groups is 1. The number of nitrogens with zero attached hydrogens (tertiary/aromatic N) is 1. The van der Waals surface area contributed by atoms with Crippen molar-refractivity contribution in [1.82, 2.24) is 10.4 Å². The number of hydrogen-bond donors (Lipinski definition) is 1. The first-order valence-electron chi connectivity index (χ1n) is 9.29. The number of amides is 1. The number of halogens is 3. The summed E-state index contributed by atoms with van der Waals surface area (Å²) in [5, 5.41) is 2.47. The Kier molecular flexibility index (Phi) is 5.32. The summed E-state index contributed by atoms with van der Waals surface area (Å²) in [7, 11) is 0. The van der Waals surface area contributed by atoms with Gasteiger partial charge in [0.1, 0.15) is 5.75 Å². The van der Waals surface area contributed by atoms with Crippen molar-refractivity contribution in [2.24, 2.45) is 11.3 Å². The molecule has 1 amide bonds. The number of benzene rings is 2. The first kappa shape index (κ1) is 20.5. The van der Waals surface area contributed by atoms with E-state index in [1.807, 2.05) is 26.0 Å². The second-order valence-electron chi connectivity index (χ2n) is 8.34. The van der Waals surface area contributed by atoms with Crippen molar-refractivity contribution in [3.8, 4) is 5.75 Å². The minimum Gasteiger partial charge on any atom is -0.493 e. The highest BCUT2D eigenvalue weighted by Crippen LogP contribution is 2.44. The second-order valence-corrected chi connectivity index (χ2v) is 8.34. The van der Waals surface area contributed by atoms with Crippen LogP contribution in [0.4, 0.5) is 13.2 Å². The van der Waals surface area contributed by atoms with Gasteiger partial charge in [0.15, 0.2) is 6.04 Å². The van der Waals surface area contributed by atoms with Crippen LogP contribution in [0.15, 0.2) is 36.4 Å². The van der Waals surface area contributed by atoms with Gasteiger partial charge >= 0.3 is 6.18 Å². The van der Waals surface area contributed by atoms with Crippen molar-refractivity contribution in [2.75, 3.05) is 13.2 Å². The predicted octanol–water partition coefficient (Wildman–Crippen LogP) is 4.85. The SMILES string of the molecule is CC(C)COc1cc2ccccc2cc1[C@H](N1CC(C)(C)C(=O)N1)C(F)(F)F. The van der Waals surface area contributed by atoms with Gasteiger partial charge in [0.05, 0.1) is 12.0 Å². The van der Waals surface area contributed by atoms with Crippen LogP contribution < -0.4 is 10.2 Å². The molecule has 0 bridgehead atoms. The van der Waals surface area contributed by atoms with E-state index < -0.39 is 23.5 Å². The van der Waals surface area contributed by atoms with E-state index in [-0.39, 0.29) is 23.8 Å². The minimum atomic E-state index is -4.59. The van der Waals surface area contributed by atoms with E-state index in [9.17, 15) is 18.0 Å². The van der Waals surface area contributed by atoms with Crippen molar-refractivity contribution in [3.63, 3.8) is 0 Å². The molecule has 1 atom stereocenters. The summed E-state index contributed by atoms with van der Waals surface area (Å²) in [5.41, 5.74) is 1.51. The van der Waals surface area contributed by atoms with Crippen LogP contribution in [0.5, 0.6) is 5.75 Å². The van der Waals surface area contributed by atoms with Crippen LogP contribution in [0.2, 0.25) is 0 Å². The Labute approximate surface area is 162 Å². The van der Waals surface area contributed by atoms with E-state index in [1.165, 1.54) is 6.07 Å². The van der Waals surface area contributed by atoms with Crippen molar-refractivity contribution < 1.29 is 22.7 Å². The van der Waals surface area contributed by atoms with Crippen LogP contribution in [0.3, 0.4) is 0 Å². The van der Waals surface area contributed by atoms with Crippen LogP contribution in [0.25, 0.3) is 10.8 Å². The van der Waals surface area contributed by atoms with E-state index in [1.54, 1.807) is 32.0 Å². The molecule has 152 valence electrons. The van der Waals surface area contributed by atoms with E-state index in [0.29, 0.717) is 12.0 Å². The highest BCUT2D eigenvalue weighted by Gasteiger charge is 2.52. The van der Waals surface area contributed by atoms with Gasteiger partial charge in [-0.2, -0.15) is 13.2 Å². The molecule has 0 aromatic heterocycles. The van der Waals surface area contributed by atoms with Crippen molar-refractivity contribution in [3.05, 3.63) is 42.0 Å².